The SMILES string of the molecule is CCN(C)C(=O)CN1C[C@@H]2CCN[C@@H]2C1. The quantitative estimate of drug-likeness (QED) is 0.700. The van der Waals surface area contributed by atoms with E-state index in [4.69, 9.17) is 0 Å². The first kappa shape index (κ1) is 10.9. The molecule has 0 aliphatic carbocycles. The standard InChI is InChI=1S/C11H21N3O/c1-3-13(2)11(15)8-14-6-9-4-5-12-10(9)7-14/h9-10,12H,3-8H2,1-2H3/t9-,10+/m0/s1. The minimum atomic E-state index is 0.248. The van der Waals surface area contributed by atoms with E-state index in [0.717, 1.165) is 32.1 Å². The second-order valence-corrected chi connectivity index (χ2v) is 4.71. The van der Waals surface area contributed by atoms with Crippen LogP contribution in [0.15, 0.2) is 0 Å². The van der Waals surface area contributed by atoms with Gasteiger partial charge in [-0.25, -0.2) is 0 Å². The minimum absolute atomic E-state index is 0.248. The molecule has 4 heteroatoms. The van der Waals surface area contributed by atoms with Crippen molar-refractivity contribution in [2.24, 2.45) is 5.92 Å². The van der Waals surface area contributed by atoms with Gasteiger partial charge in [0.25, 0.3) is 0 Å². The number of carbonyl (C=O) groups excluding carboxylic acids is 1. The Balaban J connectivity index is 1.80. The van der Waals surface area contributed by atoms with Gasteiger partial charge in [-0.05, 0) is 25.8 Å². The Morgan fingerprint density at radius 1 is 1.53 bits per heavy atom. The van der Waals surface area contributed by atoms with Crippen molar-refractivity contribution in [3.05, 3.63) is 0 Å². The third-order valence-corrected chi connectivity index (χ3v) is 3.70. The molecular weight excluding hydrogens is 190 g/mol. The van der Waals surface area contributed by atoms with E-state index < -0.39 is 0 Å². The fraction of sp³-hybridized carbons (Fsp3) is 0.909. The zero-order valence-corrected chi connectivity index (χ0v) is 9.70. The van der Waals surface area contributed by atoms with Crippen LogP contribution in [-0.2, 0) is 4.79 Å². The van der Waals surface area contributed by atoms with Gasteiger partial charge in [0, 0.05) is 32.7 Å². The summed E-state index contributed by atoms with van der Waals surface area (Å²) in [7, 11) is 1.87. The Labute approximate surface area is 91.6 Å². The van der Waals surface area contributed by atoms with Crippen molar-refractivity contribution < 1.29 is 4.79 Å². The Morgan fingerprint density at radius 2 is 2.33 bits per heavy atom. The van der Waals surface area contributed by atoms with Crippen molar-refractivity contribution in [2.45, 2.75) is 19.4 Å². The summed E-state index contributed by atoms with van der Waals surface area (Å²) in [5.74, 6) is 1.03. The number of nitrogens with zero attached hydrogens (tertiary/aromatic N) is 2. The highest BCUT2D eigenvalue weighted by Crippen LogP contribution is 2.24. The molecule has 0 aromatic carbocycles. The number of hydrogen-bond donors (Lipinski definition) is 1. The highest BCUT2D eigenvalue weighted by molar-refractivity contribution is 5.77. The summed E-state index contributed by atoms with van der Waals surface area (Å²) < 4.78 is 0. The lowest BCUT2D eigenvalue weighted by atomic mass is 10.1. The van der Waals surface area contributed by atoms with Crippen molar-refractivity contribution in [3.8, 4) is 0 Å². The maximum absolute atomic E-state index is 11.7. The molecule has 86 valence electrons. The lowest BCUT2D eigenvalue weighted by molar-refractivity contribution is -0.130. The van der Waals surface area contributed by atoms with Crippen LogP contribution in [0.2, 0.25) is 0 Å². The van der Waals surface area contributed by atoms with Gasteiger partial charge < -0.3 is 10.2 Å². The van der Waals surface area contributed by atoms with E-state index in [-0.39, 0.29) is 5.91 Å². The number of rotatable bonds is 3. The predicted molar refractivity (Wildman–Crippen MR) is 59.6 cm³/mol. The van der Waals surface area contributed by atoms with E-state index >= 15 is 0 Å². The second-order valence-electron chi connectivity index (χ2n) is 4.71. The maximum atomic E-state index is 11.7. The lowest BCUT2D eigenvalue weighted by Crippen LogP contribution is -2.39. The van der Waals surface area contributed by atoms with E-state index in [9.17, 15) is 4.79 Å². The largest absolute Gasteiger partial charge is 0.345 e. The average molecular weight is 211 g/mol. The third kappa shape index (κ3) is 2.32. The van der Waals surface area contributed by atoms with Crippen molar-refractivity contribution in [1.82, 2.24) is 15.1 Å². The first-order valence-corrected chi connectivity index (χ1v) is 5.90. The van der Waals surface area contributed by atoms with Gasteiger partial charge in [0.1, 0.15) is 0 Å². The number of likely N-dealkylation sites (tertiary alicyclic amines) is 1. The van der Waals surface area contributed by atoms with E-state index in [1.165, 1.54) is 6.42 Å². The zero-order chi connectivity index (χ0) is 10.8. The van der Waals surface area contributed by atoms with Crippen molar-refractivity contribution >= 4 is 5.91 Å². The summed E-state index contributed by atoms with van der Waals surface area (Å²) in [4.78, 5) is 15.8. The van der Waals surface area contributed by atoms with Crippen LogP contribution in [0.3, 0.4) is 0 Å². The molecule has 0 aromatic heterocycles. The van der Waals surface area contributed by atoms with Crippen molar-refractivity contribution in [2.75, 3.05) is 39.8 Å². The molecule has 0 aromatic rings. The van der Waals surface area contributed by atoms with Gasteiger partial charge in [0.15, 0.2) is 0 Å². The molecular formula is C11H21N3O. The van der Waals surface area contributed by atoms with Gasteiger partial charge in [0.05, 0.1) is 6.54 Å². The molecule has 1 amide bonds. The van der Waals surface area contributed by atoms with E-state index in [0.29, 0.717) is 12.6 Å². The molecule has 0 spiro atoms. The van der Waals surface area contributed by atoms with Gasteiger partial charge in [0.2, 0.25) is 5.91 Å². The molecule has 0 bridgehead atoms. The number of fused-ring (bicyclic) bond motifs is 1. The number of amides is 1. The molecule has 2 saturated heterocycles. The van der Waals surface area contributed by atoms with Crippen LogP contribution in [-0.4, -0.2) is 61.5 Å². The van der Waals surface area contributed by atoms with Gasteiger partial charge >= 0.3 is 0 Å². The Hall–Kier alpha value is -0.610. The van der Waals surface area contributed by atoms with Gasteiger partial charge in [-0.1, -0.05) is 0 Å². The smallest absolute Gasteiger partial charge is 0.236 e. The summed E-state index contributed by atoms with van der Waals surface area (Å²) in [5.41, 5.74) is 0. The number of hydrogen-bond acceptors (Lipinski definition) is 3. The topological polar surface area (TPSA) is 35.6 Å². The number of likely N-dealkylation sites (N-methyl/N-ethyl adjacent to an activating group) is 1. The Morgan fingerprint density at radius 3 is 3.00 bits per heavy atom. The molecule has 2 fully saturated rings. The summed E-state index contributed by atoms with van der Waals surface area (Å²) in [6.45, 7) is 6.72. The minimum Gasteiger partial charge on any atom is -0.345 e. The van der Waals surface area contributed by atoms with E-state index in [1.54, 1.807) is 4.90 Å². The van der Waals surface area contributed by atoms with Crippen LogP contribution in [0.5, 0.6) is 0 Å². The van der Waals surface area contributed by atoms with Gasteiger partial charge in [-0.15, -0.1) is 0 Å². The monoisotopic (exact) mass is 211 g/mol. The normalized spacial score (nSPS) is 30.5. The average Bonchev–Trinajstić information content (AvgIpc) is 2.76. The fourth-order valence-corrected chi connectivity index (χ4v) is 2.56. The van der Waals surface area contributed by atoms with Crippen LogP contribution in [0.4, 0.5) is 0 Å². The summed E-state index contributed by atoms with van der Waals surface area (Å²) >= 11 is 0. The van der Waals surface area contributed by atoms with Gasteiger partial charge in [-0.2, -0.15) is 0 Å². The first-order valence-electron chi connectivity index (χ1n) is 5.90. The van der Waals surface area contributed by atoms with E-state index in [2.05, 4.69) is 10.2 Å². The van der Waals surface area contributed by atoms with Crippen LogP contribution in [0.1, 0.15) is 13.3 Å². The molecule has 1 N–H and O–H groups in total. The fourth-order valence-electron chi connectivity index (χ4n) is 2.56. The molecule has 2 heterocycles. The third-order valence-electron chi connectivity index (χ3n) is 3.70. The molecule has 0 radical (unpaired) electrons. The first-order chi connectivity index (χ1) is 7.20. The lowest BCUT2D eigenvalue weighted by Gasteiger charge is -2.20. The van der Waals surface area contributed by atoms with Crippen LogP contribution < -0.4 is 5.32 Å². The molecule has 4 nitrogen and oxygen atoms in total. The second kappa shape index (κ2) is 4.49. The zero-order valence-electron chi connectivity index (χ0n) is 9.70. The molecule has 2 rings (SSSR count). The highest BCUT2D eigenvalue weighted by Gasteiger charge is 2.36. The molecule has 2 atom stereocenters. The summed E-state index contributed by atoms with van der Waals surface area (Å²) in [6.07, 6.45) is 1.28. The van der Waals surface area contributed by atoms with Crippen molar-refractivity contribution in [1.29, 1.82) is 0 Å². The Bertz CT molecular complexity index is 232. The molecule has 2 aliphatic heterocycles. The number of nitrogens with one attached hydrogen (secondary N) is 1. The summed E-state index contributed by atoms with van der Waals surface area (Å²) in [6, 6.07) is 0.643. The molecule has 0 unspecified atom stereocenters. The van der Waals surface area contributed by atoms with Gasteiger partial charge in [-0.3, -0.25) is 9.69 Å². The van der Waals surface area contributed by atoms with Crippen LogP contribution in [0, 0.1) is 5.92 Å². The summed E-state index contributed by atoms with van der Waals surface area (Å²) in [5, 5.41) is 3.50. The van der Waals surface area contributed by atoms with Crippen molar-refractivity contribution in [3.63, 3.8) is 0 Å². The van der Waals surface area contributed by atoms with Crippen LogP contribution in [0.25, 0.3) is 0 Å². The Kier molecular flexibility index (Phi) is 3.26. The maximum Gasteiger partial charge on any atom is 0.236 e. The molecule has 15 heavy (non-hydrogen) atoms. The molecule has 2 aliphatic rings. The highest BCUT2D eigenvalue weighted by atomic mass is 16.2. The molecule has 0 saturated carbocycles. The predicted octanol–water partition coefficient (Wildman–Crippen LogP) is -0.242. The van der Waals surface area contributed by atoms with E-state index in [1.807, 2.05) is 14.0 Å². The number of carbonyl (C=O) groups is 1. The van der Waals surface area contributed by atoms with Crippen LogP contribution >= 0.6 is 0 Å².